The molecule has 0 saturated carbocycles. The average Bonchev–Trinajstić information content (AvgIpc) is 2.92. The maximum Gasteiger partial charge on any atom is 0.358 e. The molecule has 0 saturated heterocycles. The molecule has 5 nitrogen and oxygen atoms in total. The first-order valence-electron chi connectivity index (χ1n) is 6.32. The van der Waals surface area contributed by atoms with Gasteiger partial charge < -0.3 is 9.64 Å². The summed E-state index contributed by atoms with van der Waals surface area (Å²) in [5, 5.41) is 0.630. The Hall–Kier alpha value is -2.21. The van der Waals surface area contributed by atoms with E-state index in [9.17, 15) is 9.59 Å². The van der Waals surface area contributed by atoms with Crippen LogP contribution in [0.3, 0.4) is 0 Å². The first kappa shape index (κ1) is 15.2. The molecule has 0 fully saturated rings. The van der Waals surface area contributed by atoms with Crippen LogP contribution in [0.4, 0.5) is 5.69 Å². The third-order valence-corrected chi connectivity index (χ3v) is 4.16. The van der Waals surface area contributed by atoms with Crippen molar-refractivity contribution in [1.29, 1.82) is 0 Å². The number of benzene rings is 1. The molecule has 1 aromatic heterocycles. The van der Waals surface area contributed by atoms with Gasteiger partial charge in [0.25, 0.3) is 0 Å². The van der Waals surface area contributed by atoms with E-state index in [1.54, 1.807) is 0 Å². The van der Waals surface area contributed by atoms with Gasteiger partial charge >= 0.3 is 5.97 Å². The Bertz CT molecular complexity index is 675. The van der Waals surface area contributed by atoms with Crippen LogP contribution in [0.2, 0.25) is 0 Å². The van der Waals surface area contributed by atoms with Crippen LogP contribution in [0.25, 0.3) is 10.6 Å². The number of nitrogens with zero attached hydrogens (tertiary/aromatic N) is 2. The van der Waals surface area contributed by atoms with Gasteiger partial charge in [-0.15, -0.1) is 11.3 Å². The SMILES string of the molecule is COC(=O)c1nc(-c2ccc(N(C)C)cc2)sc1C(C)=O. The second kappa shape index (κ2) is 6.05. The van der Waals surface area contributed by atoms with Crippen LogP contribution in [0.15, 0.2) is 24.3 Å². The fourth-order valence-corrected chi connectivity index (χ4v) is 2.77. The number of rotatable bonds is 4. The van der Waals surface area contributed by atoms with E-state index in [2.05, 4.69) is 9.72 Å². The van der Waals surface area contributed by atoms with Crippen LogP contribution in [0.5, 0.6) is 0 Å². The van der Waals surface area contributed by atoms with Crippen molar-refractivity contribution in [2.45, 2.75) is 6.92 Å². The number of esters is 1. The minimum atomic E-state index is -0.590. The van der Waals surface area contributed by atoms with E-state index in [0.29, 0.717) is 9.88 Å². The van der Waals surface area contributed by atoms with E-state index < -0.39 is 5.97 Å². The Morgan fingerprint density at radius 1 is 1.19 bits per heavy atom. The number of ether oxygens (including phenoxy) is 1. The van der Waals surface area contributed by atoms with E-state index in [1.165, 1.54) is 25.4 Å². The summed E-state index contributed by atoms with van der Waals surface area (Å²) in [4.78, 5) is 29.9. The molecule has 0 N–H and O–H groups in total. The average molecular weight is 304 g/mol. The van der Waals surface area contributed by atoms with Gasteiger partial charge in [0.1, 0.15) is 9.88 Å². The lowest BCUT2D eigenvalue weighted by Crippen LogP contribution is -2.08. The molecule has 0 bridgehead atoms. The Morgan fingerprint density at radius 2 is 1.81 bits per heavy atom. The van der Waals surface area contributed by atoms with Crippen LogP contribution in [-0.2, 0) is 4.74 Å². The molecule has 1 heterocycles. The van der Waals surface area contributed by atoms with Crippen molar-refractivity contribution in [3.8, 4) is 10.6 Å². The third-order valence-electron chi connectivity index (χ3n) is 2.96. The van der Waals surface area contributed by atoms with Crippen LogP contribution >= 0.6 is 11.3 Å². The number of hydrogen-bond acceptors (Lipinski definition) is 6. The van der Waals surface area contributed by atoms with Gasteiger partial charge in [0.2, 0.25) is 0 Å². The summed E-state index contributed by atoms with van der Waals surface area (Å²) in [6.07, 6.45) is 0. The summed E-state index contributed by atoms with van der Waals surface area (Å²) in [6, 6.07) is 7.75. The van der Waals surface area contributed by atoms with E-state index in [-0.39, 0.29) is 11.5 Å². The molecular formula is C15H16N2O3S. The Labute approximate surface area is 127 Å². The van der Waals surface area contributed by atoms with E-state index in [4.69, 9.17) is 0 Å². The highest BCUT2D eigenvalue weighted by Crippen LogP contribution is 2.30. The van der Waals surface area contributed by atoms with Gasteiger partial charge in [-0.25, -0.2) is 9.78 Å². The zero-order chi connectivity index (χ0) is 15.6. The lowest BCUT2D eigenvalue weighted by atomic mass is 10.2. The number of Topliss-reactive ketones (excluding diaryl/α,β-unsaturated/α-hetero) is 1. The highest BCUT2D eigenvalue weighted by molar-refractivity contribution is 7.17. The molecule has 0 spiro atoms. The normalized spacial score (nSPS) is 10.3. The lowest BCUT2D eigenvalue weighted by Gasteiger charge is -2.11. The van der Waals surface area contributed by atoms with Crippen molar-refractivity contribution in [2.75, 3.05) is 26.1 Å². The number of carbonyl (C=O) groups excluding carboxylic acids is 2. The van der Waals surface area contributed by atoms with Gasteiger partial charge in [0.05, 0.1) is 7.11 Å². The molecule has 6 heteroatoms. The summed E-state index contributed by atoms with van der Waals surface area (Å²) in [6.45, 7) is 1.42. The molecule has 0 atom stereocenters. The number of aromatic nitrogens is 1. The quantitative estimate of drug-likeness (QED) is 0.642. The molecule has 110 valence electrons. The zero-order valence-electron chi connectivity index (χ0n) is 12.3. The van der Waals surface area contributed by atoms with E-state index in [1.807, 2.05) is 43.3 Å². The summed E-state index contributed by atoms with van der Waals surface area (Å²) in [5.74, 6) is -0.781. The first-order chi connectivity index (χ1) is 9.93. The lowest BCUT2D eigenvalue weighted by molar-refractivity contribution is 0.0591. The molecule has 0 radical (unpaired) electrons. The smallest absolute Gasteiger partial charge is 0.358 e. The van der Waals surface area contributed by atoms with Gasteiger partial charge in [-0.2, -0.15) is 0 Å². The third kappa shape index (κ3) is 3.11. The summed E-state index contributed by atoms with van der Waals surface area (Å²) >= 11 is 1.20. The second-order valence-corrected chi connectivity index (χ2v) is 5.68. The minimum Gasteiger partial charge on any atom is -0.464 e. The summed E-state index contributed by atoms with van der Waals surface area (Å²) in [5.41, 5.74) is 2.01. The molecule has 0 unspecified atom stereocenters. The zero-order valence-corrected chi connectivity index (χ0v) is 13.2. The maximum atomic E-state index is 11.7. The molecule has 0 aliphatic carbocycles. The van der Waals surface area contributed by atoms with Gasteiger partial charge in [-0.1, -0.05) is 0 Å². The van der Waals surface area contributed by atoms with Crippen molar-refractivity contribution >= 4 is 28.8 Å². The standard InChI is InChI=1S/C15H16N2O3S/c1-9(18)13-12(15(19)20-4)16-14(21-13)10-5-7-11(8-6-10)17(2)3/h5-8H,1-4H3. The van der Waals surface area contributed by atoms with Crippen molar-refractivity contribution in [3.05, 3.63) is 34.8 Å². The maximum absolute atomic E-state index is 11.7. The highest BCUT2D eigenvalue weighted by atomic mass is 32.1. The van der Waals surface area contributed by atoms with Crippen LogP contribution < -0.4 is 4.90 Å². The molecule has 1 aromatic carbocycles. The minimum absolute atomic E-state index is 0.0849. The molecule has 2 aromatic rings. The molecule has 0 amide bonds. The predicted molar refractivity (Wildman–Crippen MR) is 83.2 cm³/mol. The molecule has 0 aliphatic rings. The van der Waals surface area contributed by atoms with Gasteiger partial charge in [-0.3, -0.25) is 4.79 Å². The fourth-order valence-electron chi connectivity index (χ4n) is 1.82. The summed E-state index contributed by atoms with van der Waals surface area (Å²) in [7, 11) is 5.19. The van der Waals surface area contributed by atoms with E-state index >= 15 is 0 Å². The van der Waals surface area contributed by atoms with Crippen LogP contribution in [0, 0.1) is 0 Å². The molecular weight excluding hydrogens is 288 g/mol. The number of ketones is 1. The van der Waals surface area contributed by atoms with Gasteiger partial charge in [0.15, 0.2) is 11.5 Å². The largest absolute Gasteiger partial charge is 0.464 e. The number of thiazole rings is 1. The molecule has 0 aliphatic heterocycles. The van der Waals surface area contributed by atoms with Crippen molar-refractivity contribution < 1.29 is 14.3 Å². The topological polar surface area (TPSA) is 59.5 Å². The Balaban J connectivity index is 2.44. The van der Waals surface area contributed by atoms with Crippen molar-refractivity contribution in [3.63, 3.8) is 0 Å². The summed E-state index contributed by atoms with van der Waals surface area (Å²) < 4.78 is 4.67. The van der Waals surface area contributed by atoms with Crippen LogP contribution in [-0.4, -0.2) is 37.9 Å². The fraction of sp³-hybridized carbons (Fsp3) is 0.267. The first-order valence-corrected chi connectivity index (χ1v) is 7.13. The van der Waals surface area contributed by atoms with Crippen molar-refractivity contribution in [1.82, 2.24) is 4.98 Å². The number of hydrogen-bond donors (Lipinski definition) is 0. The second-order valence-electron chi connectivity index (χ2n) is 4.69. The molecule has 2 rings (SSSR count). The molecule has 21 heavy (non-hydrogen) atoms. The number of anilines is 1. The van der Waals surface area contributed by atoms with Crippen LogP contribution in [0.1, 0.15) is 27.1 Å². The predicted octanol–water partition coefficient (Wildman–Crippen LogP) is 2.87. The number of carbonyl (C=O) groups is 2. The monoisotopic (exact) mass is 304 g/mol. The van der Waals surface area contributed by atoms with Gasteiger partial charge in [0, 0.05) is 32.3 Å². The Morgan fingerprint density at radius 3 is 2.29 bits per heavy atom. The van der Waals surface area contributed by atoms with E-state index in [0.717, 1.165) is 11.3 Å². The van der Waals surface area contributed by atoms with Crippen molar-refractivity contribution in [2.24, 2.45) is 0 Å². The Kier molecular flexibility index (Phi) is 4.37. The van der Waals surface area contributed by atoms with Gasteiger partial charge in [-0.05, 0) is 24.3 Å². The highest BCUT2D eigenvalue weighted by Gasteiger charge is 2.22. The number of methoxy groups -OCH3 is 1.